The minimum absolute atomic E-state index is 0. The molecule has 0 unspecified atom stereocenters. The Labute approximate surface area is 147 Å². The molecule has 9 heteroatoms. The van der Waals surface area contributed by atoms with E-state index < -0.39 is 23.9 Å². The molecular weight excluding hydrogens is 356 g/mol. The van der Waals surface area contributed by atoms with Crippen LogP contribution in [0.5, 0.6) is 0 Å². The molecule has 2 aromatic carbocycles. The van der Waals surface area contributed by atoms with Crippen molar-refractivity contribution in [2.45, 2.75) is 0 Å². The number of benzene rings is 2. The van der Waals surface area contributed by atoms with Crippen LogP contribution in [-0.4, -0.2) is 44.3 Å². The van der Waals surface area contributed by atoms with E-state index in [1.54, 1.807) is 0 Å². The van der Waals surface area contributed by atoms with Gasteiger partial charge in [0.05, 0.1) is 22.3 Å². The molecule has 0 aliphatic heterocycles. The molecule has 8 nitrogen and oxygen atoms in total. The molecule has 4 N–H and O–H groups in total. The number of hydrogen-bond acceptors (Lipinski definition) is 4. The summed E-state index contributed by atoms with van der Waals surface area (Å²) in [7, 11) is 0. The molecule has 0 atom stereocenters. The Balaban J connectivity index is 0.000000443. The first-order valence-corrected chi connectivity index (χ1v) is 6.35. The van der Waals surface area contributed by atoms with Crippen LogP contribution in [0.25, 0.3) is 0 Å². The average molecular weight is 369 g/mol. The van der Waals surface area contributed by atoms with Gasteiger partial charge in [-0.1, -0.05) is 0 Å². The highest BCUT2D eigenvalue weighted by Gasteiger charge is 2.05. The molecule has 0 aliphatic carbocycles. The molecule has 2 aromatic rings. The van der Waals surface area contributed by atoms with E-state index in [1.807, 2.05) is 0 Å². The molecule has 0 fully saturated rings. The van der Waals surface area contributed by atoms with Crippen LogP contribution in [-0.2, 0) is 0 Å². The monoisotopic (exact) mass is 368 g/mol. The zero-order valence-corrected chi connectivity index (χ0v) is 13.3. The predicted octanol–water partition coefficient (Wildman–Crippen LogP) is 2.59. The van der Waals surface area contributed by atoms with Crippen LogP contribution in [0.3, 0.4) is 0 Å². The summed E-state index contributed by atoms with van der Waals surface area (Å²) >= 11 is 0. The molecule has 0 heterocycles. The van der Waals surface area contributed by atoms with Crippen LogP contribution in [0.15, 0.2) is 48.5 Å². The van der Waals surface area contributed by atoms with Gasteiger partial charge in [-0.2, -0.15) is 0 Å². The van der Waals surface area contributed by atoms with Crippen molar-refractivity contribution in [3.05, 3.63) is 70.8 Å². The van der Waals surface area contributed by atoms with Gasteiger partial charge in [-0.3, -0.25) is 0 Å². The van der Waals surface area contributed by atoms with E-state index in [-0.39, 0.29) is 34.7 Å². The summed E-state index contributed by atoms with van der Waals surface area (Å²) in [5.74, 6) is -4.25. The predicted molar refractivity (Wildman–Crippen MR) is 88.0 cm³/mol. The van der Waals surface area contributed by atoms with Crippen LogP contribution in [0.1, 0.15) is 41.4 Å². The van der Waals surface area contributed by atoms with E-state index in [0.717, 1.165) is 0 Å². The number of rotatable bonds is 4. The van der Waals surface area contributed by atoms with E-state index >= 15 is 0 Å². The first kappa shape index (κ1) is 21.6. The van der Waals surface area contributed by atoms with Gasteiger partial charge in [0.1, 0.15) is 0 Å². The minimum atomic E-state index is -1.06. The first-order chi connectivity index (χ1) is 11.2. The van der Waals surface area contributed by atoms with Crippen LogP contribution in [0, 0.1) is 0 Å². The second kappa shape index (κ2) is 9.68. The summed E-state index contributed by atoms with van der Waals surface area (Å²) in [6.07, 6.45) is 0. The lowest BCUT2D eigenvalue weighted by Crippen LogP contribution is -1.99. The van der Waals surface area contributed by atoms with E-state index in [2.05, 4.69) is 0 Å². The fraction of sp³-hybridized carbons (Fsp3) is 0. The van der Waals surface area contributed by atoms with Crippen molar-refractivity contribution >= 4 is 36.3 Å². The number of carbonyl (C=O) groups is 4. The minimum Gasteiger partial charge on any atom is -0.478 e. The van der Waals surface area contributed by atoms with Gasteiger partial charge >= 0.3 is 23.9 Å². The number of carboxylic acid groups (broad SMARTS) is 4. The van der Waals surface area contributed by atoms with Gasteiger partial charge in [0.25, 0.3) is 0 Å². The van der Waals surface area contributed by atoms with Gasteiger partial charge < -0.3 is 20.4 Å². The largest absolute Gasteiger partial charge is 0.478 e. The Morgan fingerprint density at radius 2 is 0.560 bits per heavy atom. The highest BCUT2D eigenvalue weighted by molar-refractivity contribution is 5.92. The molecule has 0 aliphatic rings. The van der Waals surface area contributed by atoms with Gasteiger partial charge in [0.15, 0.2) is 0 Å². The average Bonchev–Trinajstić information content (AvgIpc) is 2.55. The van der Waals surface area contributed by atoms with E-state index in [1.165, 1.54) is 48.5 Å². The van der Waals surface area contributed by atoms with E-state index in [0.29, 0.717) is 0 Å². The summed E-state index contributed by atoms with van der Waals surface area (Å²) in [5, 5.41) is 33.9. The van der Waals surface area contributed by atoms with Gasteiger partial charge in [-0.25, -0.2) is 19.2 Å². The third-order valence-electron chi connectivity index (χ3n) is 2.76. The molecule has 0 aromatic heterocycles. The zero-order chi connectivity index (χ0) is 18.3. The number of halogens is 1. The van der Waals surface area contributed by atoms with Crippen LogP contribution in [0.4, 0.5) is 0 Å². The fourth-order valence-corrected chi connectivity index (χ4v) is 1.51. The summed E-state index contributed by atoms with van der Waals surface area (Å²) in [6, 6.07) is 10.0. The lowest BCUT2D eigenvalue weighted by atomic mass is 10.1. The smallest absolute Gasteiger partial charge is 0.335 e. The van der Waals surface area contributed by atoms with Gasteiger partial charge in [0, 0.05) is 0 Å². The summed E-state index contributed by atoms with van der Waals surface area (Å²) in [5.41, 5.74) is 0.333. The maximum Gasteiger partial charge on any atom is 0.335 e. The number of aromatic carboxylic acids is 4. The lowest BCUT2D eigenvalue weighted by molar-refractivity contribution is 0.0681. The van der Waals surface area contributed by atoms with Crippen molar-refractivity contribution in [2.24, 2.45) is 0 Å². The molecule has 2 rings (SSSR count). The van der Waals surface area contributed by atoms with Crippen LogP contribution < -0.4 is 0 Å². The van der Waals surface area contributed by atoms with Crippen molar-refractivity contribution in [1.29, 1.82) is 0 Å². The molecule has 0 saturated heterocycles. The second-order valence-electron chi connectivity index (χ2n) is 4.38. The van der Waals surface area contributed by atoms with Crippen LogP contribution >= 0.6 is 12.4 Å². The van der Waals surface area contributed by atoms with E-state index in [9.17, 15) is 19.2 Å². The van der Waals surface area contributed by atoms with Crippen molar-refractivity contribution in [3.8, 4) is 0 Å². The fourth-order valence-electron chi connectivity index (χ4n) is 1.51. The molecular formula is C16H13ClO8. The molecule has 0 radical (unpaired) electrons. The highest BCUT2D eigenvalue weighted by atomic mass is 35.5. The third kappa shape index (κ3) is 6.71. The molecule has 132 valence electrons. The standard InChI is InChI=1S/2C8H6O4.ClH/c2*9-7(10)5-1-2-6(4-3-5)8(11)12;/h2*1-4H,(H,9,10)(H,11,12);1H. The van der Waals surface area contributed by atoms with Crippen molar-refractivity contribution in [1.82, 2.24) is 0 Å². The summed E-state index contributed by atoms with van der Waals surface area (Å²) in [6.45, 7) is 0. The third-order valence-corrected chi connectivity index (χ3v) is 2.76. The Morgan fingerprint density at radius 1 is 0.440 bits per heavy atom. The van der Waals surface area contributed by atoms with Crippen LogP contribution in [0.2, 0.25) is 0 Å². The highest BCUT2D eigenvalue weighted by Crippen LogP contribution is 2.04. The maximum absolute atomic E-state index is 10.3. The quantitative estimate of drug-likeness (QED) is 0.643. The molecule has 0 bridgehead atoms. The summed E-state index contributed by atoms with van der Waals surface area (Å²) < 4.78 is 0. The SMILES string of the molecule is Cl.O=C(O)c1ccc(C(=O)O)cc1.O=C(O)c1ccc(C(=O)O)cc1. The van der Waals surface area contributed by atoms with Gasteiger partial charge in [-0.05, 0) is 48.5 Å². The number of hydrogen-bond donors (Lipinski definition) is 4. The maximum atomic E-state index is 10.3. The zero-order valence-electron chi connectivity index (χ0n) is 12.4. The Hall–Kier alpha value is -3.39. The van der Waals surface area contributed by atoms with E-state index in [4.69, 9.17) is 20.4 Å². The van der Waals surface area contributed by atoms with Crippen molar-refractivity contribution in [2.75, 3.05) is 0 Å². The molecule has 25 heavy (non-hydrogen) atoms. The van der Waals surface area contributed by atoms with Gasteiger partial charge in [0.2, 0.25) is 0 Å². The van der Waals surface area contributed by atoms with Gasteiger partial charge in [-0.15, -0.1) is 12.4 Å². The first-order valence-electron chi connectivity index (χ1n) is 6.35. The Bertz CT molecular complexity index is 632. The lowest BCUT2D eigenvalue weighted by Gasteiger charge is -1.94. The Kier molecular flexibility index (Phi) is 8.37. The second-order valence-corrected chi connectivity index (χ2v) is 4.38. The number of carboxylic acids is 4. The normalized spacial score (nSPS) is 8.96. The summed E-state index contributed by atoms with van der Waals surface area (Å²) in [4.78, 5) is 41.3. The molecule has 0 amide bonds. The van der Waals surface area contributed by atoms with Crippen molar-refractivity contribution in [3.63, 3.8) is 0 Å². The molecule has 0 saturated carbocycles. The van der Waals surface area contributed by atoms with Crippen molar-refractivity contribution < 1.29 is 39.6 Å². The topological polar surface area (TPSA) is 149 Å². The molecule has 0 spiro atoms. The Morgan fingerprint density at radius 3 is 0.640 bits per heavy atom.